The van der Waals surface area contributed by atoms with E-state index < -0.39 is 22.2 Å². The van der Waals surface area contributed by atoms with Gasteiger partial charge >= 0.3 is 12.1 Å². The van der Waals surface area contributed by atoms with Gasteiger partial charge in [-0.25, -0.2) is 13.2 Å². The van der Waals surface area contributed by atoms with Crippen LogP contribution in [0.25, 0.3) is 0 Å². The predicted molar refractivity (Wildman–Crippen MR) is 144 cm³/mol. The molecule has 0 unspecified atom stereocenters. The number of nitrogens with zero attached hydrogens (tertiary/aromatic N) is 1. The van der Waals surface area contributed by atoms with Crippen molar-refractivity contribution >= 4 is 33.1 Å². The molecule has 0 aliphatic carbocycles. The molecule has 1 fully saturated rings. The number of methoxy groups -OCH3 is 1. The summed E-state index contributed by atoms with van der Waals surface area (Å²) in [4.78, 5) is 11.3. The molecule has 1 heterocycles. The normalized spacial score (nSPS) is 13.6. The molecule has 0 bridgehead atoms. The third kappa shape index (κ3) is 8.41. The van der Waals surface area contributed by atoms with E-state index in [0.717, 1.165) is 37.6 Å². The summed E-state index contributed by atoms with van der Waals surface area (Å²) in [5.41, 5.74) is 2.94. The number of nitrogens with one attached hydrogen (secondary N) is 3. The first kappa shape index (κ1) is 30.4. The van der Waals surface area contributed by atoms with Crippen LogP contribution >= 0.6 is 0 Å². The summed E-state index contributed by atoms with van der Waals surface area (Å²) >= 11 is 0. The van der Waals surface area contributed by atoms with Crippen molar-refractivity contribution in [3.8, 4) is 11.5 Å². The Labute approximate surface area is 229 Å². The minimum atomic E-state index is -5.08. The molecule has 4 rings (SSSR count). The van der Waals surface area contributed by atoms with Crippen LogP contribution in [-0.4, -0.2) is 64.1 Å². The van der Waals surface area contributed by atoms with Crippen LogP contribution in [0.4, 0.5) is 30.2 Å². The number of benzene rings is 3. The van der Waals surface area contributed by atoms with Gasteiger partial charge in [0.05, 0.1) is 17.7 Å². The molecule has 0 spiro atoms. The van der Waals surface area contributed by atoms with Crippen LogP contribution in [0.1, 0.15) is 5.56 Å². The number of anilines is 3. The summed E-state index contributed by atoms with van der Waals surface area (Å²) in [5.74, 6) is -2.27. The highest BCUT2D eigenvalue weighted by Gasteiger charge is 2.38. The number of carboxylic acids is 1. The predicted octanol–water partition coefficient (Wildman–Crippen LogP) is 3.86. The number of ether oxygens (including phenoxy) is 1. The van der Waals surface area contributed by atoms with Crippen molar-refractivity contribution in [3.63, 3.8) is 0 Å². The summed E-state index contributed by atoms with van der Waals surface area (Å²) in [5, 5.41) is 23.8. The molecule has 0 saturated carbocycles. The average Bonchev–Trinajstić information content (AvgIpc) is 2.93. The van der Waals surface area contributed by atoms with Gasteiger partial charge in [-0.3, -0.25) is 4.72 Å². The summed E-state index contributed by atoms with van der Waals surface area (Å²) in [6.07, 6.45) is -5.08. The number of carboxylic acid groups (broad SMARTS) is 1. The second kappa shape index (κ2) is 13.3. The maximum absolute atomic E-state index is 12.9. The Morgan fingerprint density at radius 1 is 1.02 bits per heavy atom. The molecule has 3 aromatic carbocycles. The minimum Gasteiger partial charge on any atom is -0.504 e. The number of aliphatic carboxylic acids is 1. The molecule has 0 amide bonds. The van der Waals surface area contributed by atoms with Gasteiger partial charge in [-0.15, -0.1) is 0 Å². The first-order valence-electron chi connectivity index (χ1n) is 12.0. The second-order valence-corrected chi connectivity index (χ2v) is 10.2. The topological polar surface area (TPSA) is 140 Å². The van der Waals surface area contributed by atoms with E-state index >= 15 is 0 Å². The minimum absolute atomic E-state index is 0.0824. The Kier molecular flexibility index (Phi) is 10.1. The fourth-order valence-electron chi connectivity index (χ4n) is 3.73. The lowest BCUT2D eigenvalue weighted by atomic mass is 10.2. The van der Waals surface area contributed by atoms with Crippen molar-refractivity contribution in [1.29, 1.82) is 0 Å². The number of hydrogen-bond donors (Lipinski definition) is 5. The molecule has 0 atom stereocenters. The lowest BCUT2D eigenvalue weighted by molar-refractivity contribution is -0.192. The smallest absolute Gasteiger partial charge is 0.490 e. The maximum atomic E-state index is 12.9. The van der Waals surface area contributed by atoms with Crippen molar-refractivity contribution < 1.29 is 41.3 Å². The van der Waals surface area contributed by atoms with E-state index in [4.69, 9.17) is 14.6 Å². The molecule has 5 N–H and O–H groups in total. The molecule has 3 aromatic rings. The van der Waals surface area contributed by atoms with Crippen LogP contribution in [-0.2, 0) is 21.4 Å². The molecule has 10 nitrogen and oxygen atoms in total. The van der Waals surface area contributed by atoms with Gasteiger partial charge in [-0.1, -0.05) is 18.2 Å². The standard InChI is InChI=1S/C24H28N4O4S.C2HF3O2/c1-32-23-7-2-4-18(24(23)29)17-26-19-8-10-22(11-9-19)33(30,31)27-20-5-3-6-21(16-20)28-14-12-25-13-15-28;3-2(4,5)1(6)7/h2-11,16,25-27,29H,12-15,17H2,1H3;(H,6,7). The summed E-state index contributed by atoms with van der Waals surface area (Å²) < 4.78 is 65.3. The van der Waals surface area contributed by atoms with Crippen molar-refractivity contribution in [2.75, 3.05) is 48.2 Å². The zero-order valence-electron chi connectivity index (χ0n) is 21.4. The van der Waals surface area contributed by atoms with Crippen molar-refractivity contribution in [1.82, 2.24) is 5.32 Å². The number of alkyl halides is 3. The molecule has 14 heteroatoms. The van der Waals surface area contributed by atoms with Gasteiger partial charge in [-0.05, 0) is 48.5 Å². The van der Waals surface area contributed by atoms with Gasteiger partial charge in [0.15, 0.2) is 11.5 Å². The van der Waals surface area contributed by atoms with Crippen LogP contribution in [0.3, 0.4) is 0 Å². The fraction of sp³-hybridized carbons (Fsp3) is 0.269. The quantitative estimate of drug-likeness (QED) is 0.268. The molecular weight excluding hydrogens is 553 g/mol. The third-order valence-corrected chi connectivity index (χ3v) is 7.17. The van der Waals surface area contributed by atoms with E-state index in [1.807, 2.05) is 18.2 Å². The number of sulfonamides is 1. The first-order valence-corrected chi connectivity index (χ1v) is 13.5. The molecular formula is C26H29F3N4O6S. The molecule has 1 saturated heterocycles. The van der Waals surface area contributed by atoms with E-state index in [1.54, 1.807) is 48.5 Å². The highest BCUT2D eigenvalue weighted by atomic mass is 32.2. The van der Waals surface area contributed by atoms with Crippen molar-refractivity contribution in [2.45, 2.75) is 17.6 Å². The fourth-order valence-corrected chi connectivity index (χ4v) is 4.78. The van der Waals surface area contributed by atoms with E-state index in [1.165, 1.54) is 7.11 Å². The van der Waals surface area contributed by atoms with Gasteiger partial charge in [0.2, 0.25) is 0 Å². The molecule has 40 heavy (non-hydrogen) atoms. The number of rotatable bonds is 8. The molecule has 0 aromatic heterocycles. The van der Waals surface area contributed by atoms with E-state index in [9.17, 15) is 26.7 Å². The van der Waals surface area contributed by atoms with Crippen LogP contribution in [0.15, 0.2) is 71.6 Å². The van der Waals surface area contributed by atoms with Crippen LogP contribution in [0.5, 0.6) is 11.5 Å². The number of phenols is 1. The Bertz CT molecular complexity index is 1400. The monoisotopic (exact) mass is 582 g/mol. The summed E-state index contributed by atoms with van der Waals surface area (Å²) in [6.45, 7) is 3.96. The largest absolute Gasteiger partial charge is 0.504 e. The van der Waals surface area contributed by atoms with E-state index in [0.29, 0.717) is 23.5 Å². The van der Waals surface area contributed by atoms with Gasteiger partial charge < -0.3 is 30.5 Å². The SMILES string of the molecule is COc1cccc(CNc2ccc(S(=O)(=O)Nc3cccc(N4CCNCC4)c3)cc2)c1O.O=C(O)C(F)(F)F. The summed E-state index contributed by atoms with van der Waals surface area (Å²) in [7, 11) is -2.22. The van der Waals surface area contributed by atoms with E-state index in [2.05, 4.69) is 20.3 Å². The van der Waals surface area contributed by atoms with Crippen LogP contribution < -0.4 is 25.0 Å². The molecule has 1 aliphatic heterocycles. The second-order valence-electron chi connectivity index (χ2n) is 8.54. The zero-order valence-corrected chi connectivity index (χ0v) is 22.2. The average molecular weight is 583 g/mol. The third-order valence-electron chi connectivity index (χ3n) is 5.77. The number of para-hydroxylation sites is 1. The Morgan fingerprint density at radius 2 is 1.65 bits per heavy atom. The van der Waals surface area contributed by atoms with E-state index in [-0.39, 0.29) is 10.6 Å². The number of aromatic hydroxyl groups is 1. The van der Waals surface area contributed by atoms with Crippen LogP contribution in [0.2, 0.25) is 0 Å². The lowest BCUT2D eigenvalue weighted by Crippen LogP contribution is -2.43. The van der Waals surface area contributed by atoms with Gasteiger partial charge in [0.1, 0.15) is 0 Å². The Balaban J connectivity index is 0.000000559. The number of phenolic OH excluding ortho intramolecular Hbond substituents is 1. The highest BCUT2D eigenvalue weighted by molar-refractivity contribution is 7.92. The Morgan fingerprint density at radius 3 is 2.25 bits per heavy atom. The number of halogens is 3. The van der Waals surface area contributed by atoms with Crippen LogP contribution in [0, 0.1) is 0 Å². The zero-order chi connectivity index (χ0) is 29.3. The van der Waals surface area contributed by atoms with Crippen molar-refractivity contribution in [3.05, 3.63) is 72.3 Å². The van der Waals surface area contributed by atoms with Gasteiger partial charge in [0.25, 0.3) is 10.0 Å². The van der Waals surface area contributed by atoms with Gasteiger partial charge in [0, 0.05) is 49.7 Å². The Hall–Kier alpha value is -4.17. The number of hydrogen-bond acceptors (Lipinski definition) is 8. The first-order chi connectivity index (χ1) is 18.9. The number of carbonyl (C=O) groups is 1. The summed E-state index contributed by atoms with van der Waals surface area (Å²) in [6, 6.07) is 19.2. The molecule has 0 radical (unpaired) electrons. The lowest BCUT2D eigenvalue weighted by Gasteiger charge is -2.29. The molecule has 1 aliphatic rings. The van der Waals surface area contributed by atoms with Crippen molar-refractivity contribution in [2.24, 2.45) is 0 Å². The molecule has 216 valence electrons. The highest BCUT2D eigenvalue weighted by Crippen LogP contribution is 2.30. The van der Waals surface area contributed by atoms with Gasteiger partial charge in [-0.2, -0.15) is 13.2 Å². The number of piperazine rings is 1. The maximum Gasteiger partial charge on any atom is 0.490 e.